The molecule has 94 valence electrons. The number of rotatable bonds is 3. The third kappa shape index (κ3) is 2.20. The molecule has 1 unspecified atom stereocenters. The standard InChI is InChI=1S/C13H13ClN2O2/c1-7(8-2-3-8)15-12(17)9-4-5-11-10(6-9)16-13(14)18-11/h4-8H,2-3H2,1H3,(H,15,17). The Labute approximate surface area is 109 Å². The number of halogens is 1. The summed E-state index contributed by atoms with van der Waals surface area (Å²) < 4.78 is 5.15. The molecule has 18 heavy (non-hydrogen) atoms. The first-order chi connectivity index (χ1) is 8.63. The first kappa shape index (κ1) is 11.5. The number of carbonyl (C=O) groups excluding carboxylic acids is 1. The van der Waals surface area contributed by atoms with Crippen LogP contribution in [0.2, 0.25) is 5.35 Å². The summed E-state index contributed by atoms with van der Waals surface area (Å²) in [6.45, 7) is 2.04. The number of hydrogen-bond acceptors (Lipinski definition) is 3. The maximum absolute atomic E-state index is 12.0. The lowest BCUT2D eigenvalue weighted by molar-refractivity contribution is 0.0936. The van der Waals surface area contributed by atoms with Crippen molar-refractivity contribution < 1.29 is 9.21 Å². The molecule has 5 heteroatoms. The quantitative estimate of drug-likeness (QED) is 0.927. The molecule has 1 aliphatic carbocycles. The number of fused-ring (bicyclic) bond motifs is 1. The van der Waals surface area contributed by atoms with Crippen molar-refractivity contribution in [3.8, 4) is 0 Å². The van der Waals surface area contributed by atoms with E-state index < -0.39 is 0 Å². The van der Waals surface area contributed by atoms with Gasteiger partial charge in [-0.25, -0.2) is 0 Å². The fourth-order valence-corrected chi connectivity index (χ4v) is 2.22. The number of carbonyl (C=O) groups is 1. The zero-order valence-electron chi connectivity index (χ0n) is 9.94. The molecule has 0 spiro atoms. The average molecular weight is 265 g/mol. The normalized spacial score (nSPS) is 16.8. The van der Waals surface area contributed by atoms with Gasteiger partial charge >= 0.3 is 0 Å². The predicted molar refractivity (Wildman–Crippen MR) is 68.7 cm³/mol. The Morgan fingerprint density at radius 1 is 1.56 bits per heavy atom. The van der Waals surface area contributed by atoms with Crippen LogP contribution in [0, 0.1) is 5.92 Å². The molecule has 1 aromatic heterocycles. The van der Waals surface area contributed by atoms with Crippen molar-refractivity contribution in [1.29, 1.82) is 0 Å². The average Bonchev–Trinajstić information content (AvgIpc) is 3.10. The first-order valence-electron chi connectivity index (χ1n) is 6.00. The molecule has 1 fully saturated rings. The molecule has 3 rings (SSSR count). The van der Waals surface area contributed by atoms with Crippen molar-refractivity contribution in [3.63, 3.8) is 0 Å². The highest BCUT2D eigenvalue weighted by molar-refractivity contribution is 6.28. The van der Waals surface area contributed by atoms with Gasteiger partial charge < -0.3 is 9.73 Å². The van der Waals surface area contributed by atoms with Gasteiger partial charge in [0.2, 0.25) is 0 Å². The van der Waals surface area contributed by atoms with Gasteiger partial charge in [0, 0.05) is 11.6 Å². The number of amides is 1. The number of oxazole rings is 1. The van der Waals surface area contributed by atoms with Gasteiger partial charge in [0.1, 0.15) is 5.52 Å². The fraction of sp³-hybridized carbons (Fsp3) is 0.385. The van der Waals surface area contributed by atoms with Crippen LogP contribution in [0.3, 0.4) is 0 Å². The lowest BCUT2D eigenvalue weighted by atomic mass is 10.1. The highest BCUT2D eigenvalue weighted by atomic mass is 35.5. The number of aromatic nitrogens is 1. The molecule has 0 saturated heterocycles. The molecule has 1 amide bonds. The van der Waals surface area contributed by atoms with Crippen LogP contribution < -0.4 is 5.32 Å². The van der Waals surface area contributed by atoms with Gasteiger partial charge in [-0.2, -0.15) is 4.98 Å². The molecular formula is C13H13ClN2O2. The molecule has 1 N–H and O–H groups in total. The van der Waals surface area contributed by atoms with Crippen LogP contribution in [-0.2, 0) is 0 Å². The highest BCUT2D eigenvalue weighted by Crippen LogP contribution is 2.32. The van der Waals surface area contributed by atoms with Crippen molar-refractivity contribution in [3.05, 3.63) is 29.1 Å². The van der Waals surface area contributed by atoms with Gasteiger partial charge in [-0.1, -0.05) is 0 Å². The van der Waals surface area contributed by atoms with E-state index in [1.54, 1.807) is 18.2 Å². The van der Waals surface area contributed by atoms with Gasteiger partial charge in [-0.3, -0.25) is 4.79 Å². The summed E-state index contributed by atoms with van der Waals surface area (Å²) in [7, 11) is 0. The van der Waals surface area contributed by atoms with Gasteiger partial charge in [0.25, 0.3) is 11.3 Å². The van der Waals surface area contributed by atoms with E-state index in [4.69, 9.17) is 16.0 Å². The van der Waals surface area contributed by atoms with Crippen molar-refractivity contribution >= 4 is 28.6 Å². The van der Waals surface area contributed by atoms with Crippen LogP contribution in [0.1, 0.15) is 30.1 Å². The molecule has 4 nitrogen and oxygen atoms in total. The maximum Gasteiger partial charge on any atom is 0.293 e. The number of hydrogen-bond donors (Lipinski definition) is 1. The molecule has 1 heterocycles. The largest absolute Gasteiger partial charge is 0.428 e. The van der Waals surface area contributed by atoms with Crippen LogP contribution in [0.25, 0.3) is 11.1 Å². The molecule has 0 bridgehead atoms. The fourth-order valence-electron chi connectivity index (χ4n) is 2.04. The second-order valence-corrected chi connectivity index (χ2v) is 5.07. The topological polar surface area (TPSA) is 55.1 Å². The second-order valence-electron chi connectivity index (χ2n) is 4.75. The second kappa shape index (κ2) is 4.28. The first-order valence-corrected chi connectivity index (χ1v) is 6.38. The summed E-state index contributed by atoms with van der Waals surface area (Å²) in [5, 5.41) is 3.09. The summed E-state index contributed by atoms with van der Waals surface area (Å²) >= 11 is 5.67. The molecule has 2 aromatic rings. The Morgan fingerprint density at radius 2 is 2.33 bits per heavy atom. The zero-order valence-corrected chi connectivity index (χ0v) is 10.7. The van der Waals surface area contributed by atoms with E-state index in [2.05, 4.69) is 10.3 Å². The van der Waals surface area contributed by atoms with Crippen LogP contribution in [-0.4, -0.2) is 16.9 Å². The molecule has 0 aliphatic heterocycles. The summed E-state index contributed by atoms with van der Waals surface area (Å²) in [5.74, 6) is 0.564. The Morgan fingerprint density at radius 3 is 3.06 bits per heavy atom. The van der Waals surface area contributed by atoms with E-state index in [-0.39, 0.29) is 17.3 Å². The SMILES string of the molecule is CC(NC(=O)c1ccc2oc(Cl)nc2c1)C1CC1. The van der Waals surface area contributed by atoms with Crippen LogP contribution in [0.15, 0.2) is 22.6 Å². The molecule has 1 aromatic carbocycles. The molecular weight excluding hydrogens is 252 g/mol. The third-order valence-corrected chi connectivity index (χ3v) is 3.47. The van der Waals surface area contributed by atoms with E-state index >= 15 is 0 Å². The zero-order chi connectivity index (χ0) is 12.7. The molecule has 1 atom stereocenters. The minimum absolute atomic E-state index is 0.0737. The molecule has 1 saturated carbocycles. The maximum atomic E-state index is 12.0. The van der Waals surface area contributed by atoms with E-state index in [1.165, 1.54) is 12.8 Å². The monoisotopic (exact) mass is 264 g/mol. The van der Waals surface area contributed by atoms with E-state index in [9.17, 15) is 4.79 Å². The molecule has 1 aliphatic rings. The minimum atomic E-state index is -0.0737. The smallest absolute Gasteiger partial charge is 0.293 e. The Kier molecular flexibility index (Phi) is 2.74. The Bertz CT molecular complexity index is 604. The van der Waals surface area contributed by atoms with Crippen LogP contribution >= 0.6 is 11.6 Å². The summed E-state index contributed by atoms with van der Waals surface area (Å²) in [4.78, 5) is 16.0. The van der Waals surface area contributed by atoms with Crippen molar-refractivity contribution in [2.45, 2.75) is 25.8 Å². The van der Waals surface area contributed by atoms with Gasteiger partial charge in [0.15, 0.2) is 5.58 Å². The molecule has 0 radical (unpaired) electrons. The van der Waals surface area contributed by atoms with Gasteiger partial charge in [0.05, 0.1) is 0 Å². The summed E-state index contributed by atoms with van der Waals surface area (Å²) in [6.07, 6.45) is 2.42. The number of benzene rings is 1. The lowest BCUT2D eigenvalue weighted by Gasteiger charge is -2.12. The van der Waals surface area contributed by atoms with Crippen LogP contribution in [0.5, 0.6) is 0 Å². The van der Waals surface area contributed by atoms with Gasteiger partial charge in [-0.15, -0.1) is 0 Å². The number of nitrogens with zero attached hydrogens (tertiary/aromatic N) is 1. The summed E-state index contributed by atoms with van der Waals surface area (Å²) in [5.41, 5.74) is 1.78. The minimum Gasteiger partial charge on any atom is -0.428 e. The lowest BCUT2D eigenvalue weighted by Crippen LogP contribution is -2.33. The van der Waals surface area contributed by atoms with E-state index in [0.29, 0.717) is 22.6 Å². The van der Waals surface area contributed by atoms with Gasteiger partial charge in [-0.05, 0) is 55.5 Å². The highest BCUT2D eigenvalue weighted by Gasteiger charge is 2.29. The Balaban J connectivity index is 1.81. The van der Waals surface area contributed by atoms with Crippen molar-refractivity contribution in [2.75, 3.05) is 0 Å². The third-order valence-electron chi connectivity index (χ3n) is 3.31. The van der Waals surface area contributed by atoms with E-state index in [0.717, 1.165) is 0 Å². The summed E-state index contributed by atoms with van der Waals surface area (Å²) in [6, 6.07) is 5.36. The predicted octanol–water partition coefficient (Wildman–Crippen LogP) is 3.01. The Hall–Kier alpha value is -1.55. The van der Waals surface area contributed by atoms with Crippen LogP contribution in [0.4, 0.5) is 0 Å². The van der Waals surface area contributed by atoms with Crippen molar-refractivity contribution in [2.24, 2.45) is 5.92 Å². The van der Waals surface area contributed by atoms with E-state index in [1.807, 2.05) is 6.92 Å². The van der Waals surface area contributed by atoms with Crippen molar-refractivity contribution in [1.82, 2.24) is 10.3 Å². The number of nitrogens with one attached hydrogen (secondary N) is 1.